The zero-order valence-electron chi connectivity index (χ0n) is 21.0. The Bertz CT molecular complexity index is 1960. The van der Waals surface area contributed by atoms with Crippen molar-refractivity contribution in [3.63, 3.8) is 0 Å². The summed E-state index contributed by atoms with van der Waals surface area (Å²) in [4.78, 5) is 34.0. The maximum Gasteiger partial charge on any atom is 0.255 e. The third kappa shape index (κ3) is 4.31. The van der Waals surface area contributed by atoms with E-state index in [-0.39, 0.29) is 24.1 Å². The van der Waals surface area contributed by atoms with Crippen molar-refractivity contribution in [3.8, 4) is 22.6 Å². The highest BCUT2D eigenvalue weighted by atomic mass is 19.1. The molecule has 6 aromatic rings. The van der Waals surface area contributed by atoms with Crippen LogP contribution in [0.25, 0.3) is 44.7 Å². The number of imidazole rings is 1. The average Bonchev–Trinajstić information content (AvgIpc) is 3.61. The standard InChI is InChI=1S/C30H21FN8O/c31-21-8-4-7-18(9-21)24-15-33-16-25-26(24)37-29(36-25)27-23-11-20(13-34-28(23)39-38-27)19-10-22(14-32-12-19)35-30(40)17-5-2-1-3-6-17/h1-8,10-16,18H,9H2,(H,35,40)(H,36,37)(H,34,38,39). The SMILES string of the molecule is O=C(Nc1cncc(-c2cnc3n[nH]c(-c4nc5c(C6C=CC=C(F)C6)cncc5[nH]4)c3c2)c1)c1ccccc1. The molecule has 5 aromatic heterocycles. The van der Waals surface area contributed by atoms with Crippen LogP contribution in [0.2, 0.25) is 0 Å². The number of anilines is 1. The fourth-order valence-corrected chi connectivity index (χ4v) is 4.89. The Balaban J connectivity index is 1.23. The van der Waals surface area contributed by atoms with E-state index in [1.54, 1.807) is 49.2 Å². The third-order valence-corrected chi connectivity index (χ3v) is 6.87. The van der Waals surface area contributed by atoms with Crippen LogP contribution >= 0.6 is 0 Å². The second-order valence-electron chi connectivity index (χ2n) is 9.50. The molecule has 0 radical (unpaired) electrons. The number of H-pyrrole nitrogens is 2. The van der Waals surface area contributed by atoms with Gasteiger partial charge in [-0.25, -0.2) is 14.4 Å². The number of nitrogens with one attached hydrogen (secondary N) is 3. The van der Waals surface area contributed by atoms with Gasteiger partial charge in [-0.05, 0) is 30.3 Å². The van der Waals surface area contributed by atoms with Crippen LogP contribution in [-0.4, -0.2) is 41.0 Å². The number of aromatic amines is 2. The molecule has 1 aliphatic carbocycles. The molecule has 0 aliphatic heterocycles. The number of hydrogen-bond donors (Lipinski definition) is 3. The molecule has 1 unspecified atom stereocenters. The van der Waals surface area contributed by atoms with E-state index < -0.39 is 0 Å². The summed E-state index contributed by atoms with van der Waals surface area (Å²) in [5.74, 6) is 0.0397. The van der Waals surface area contributed by atoms with Crippen molar-refractivity contribution >= 4 is 33.7 Å². The lowest BCUT2D eigenvalue weighted by Crippen LogP contribution is -2.11. The minimum atomic E-state index is -0.216. The van der Waals surface area contributed by atoms with Crippen molar-refractivity contribution in [2.24, 2.45) is 0 Å². The van der Waals surface area contributed by atoms with Crippen LogP contribution in [0.1, 0.15) is 28.3 Å². The van der Waals surface area contributed by atoms with Crippen LogP contribution < -0.4 is 5.32 Å². The first-order chi connectivity index (χ1) is 19.6. The Hall–Kier alpha value is -5.51. The van der Waals surface area contributed by atoms with Crippen molar-refractivity contribution in [1.82, 2.24) is 35.1 Å². The lowest BCUT2D eigenvalue weighted by atomic mass is 9.92. The van der Waals surface area contributed by atoms with Gasteiger partial charge >= 0.3 is 0 Å². The Labute approximate surface area is 226 Å². The second-order valence-corrected chi connectivity index (χ2v) is 9.50. The van der Waals surface area contributed by atoms with Gasteiger partial charge < -0.3 is 10.3 Å². The summed E-state index contributed by atoms with van der Waals surface area (Å²) in [6.07, 6.45) is 13.9. The minimum Gasteiger partial charge on any atom is -0.335 e. The van der Waals surface area contributed by atoms with Crippen molar-refractivity contribution in [3.05, 3.63) is 109 Å². The normalized spacial score (nSPS) is 14.9. The molecule has 40 heavy (non-hydrogen) atoms. The first kappa shape index (κ1) is 23.6. The number of halogens is 1. The number of carbonyl (C=O) groups is 1. The van der Waals surface area contributed by atoms with E-state index in [9.17, 15) is 9.18 Å². The maximum absolute atomic E-state index is 14.0. The van der Waals surface area contributed by atoms with E-state index in [4.69, 9.17) is 4.98 Å². The highest BCUT2D eigenvalue weighted by molar-refractivity contribution is 6.04. The van der Waals surface area contributed by atoms with Crippen LogP contribution in [-0.2, 0) is 0 Å². The second kappa shape index (κ2) is 9.66. The van der Waals surface area contributed by atoms with E-state index in [0.29, 0.717) is 28.4 Å². The zero-order chi connectivity index (χ0) is 27.1. The van der Waals surface area contributed by atoms with Gasteiger partial charge in [0, 0.05) is 53.2 Å². The van der Waals surface area contributed by atoms with Gasteiger partial charge in [0.2, 0.25) is 0 Å². The number of aromatic nitrogens is 7. The van der Waals surface area contributed by atoms with Gasteiger partial charge in [-0.1, -0.05) is 30.4 Å². The van der Waals surface area contributed by atoms with Crippen LogP contribution in [0.3, 0.4) is 0 Å². The molecule has 0 saturated carbocycles. The summed E-state index contributed by atoms with van der Waals surface area (Å²) in [6.45, 7) is 0. The predicted octanol–water partition coefficient (Wildman–Crippen LogP) is 6.11. The molecule has 0 fully saturated rings. The smallest absolute Gasteiger partial charge is 0.255 e. The summed E-state index contributed by atoms with van der Waals surface area (Å²) in [7, 11) is 0. The predicted molar refractivity (Wildman–Crippen MR) is 150 cm³/mol. The van der Waals surface area contributed by atoms with Gasteiger partial charge in [0.25, 0.3) is 5.91 Å². The molecular formula is C30H21FN8O. The van der Waals surface area contributed by atoms with E-state index in [0.717, 1.165) is 33.1 Å². The molecule has 9 nitrogen and oxygen atoms in total. The molecule has 0 spiro atoms. The monoisotopic (exact) mass is 528 g/mol. The summed E-state index contributed by atoms with van der Waals surface area (Å²) < 4.78 is 14.0. The third-order valence-electron chi connectivity index (χ3n) is 6.87. The van der Waals surface area contributed by atoms with Crippen molar-refractivity contribution in [2.75, 3.05) is 5.32 Å². The number of rotatable bonds is 5. The lowest BCUT2D eigenvalue weighted by molar-refractivity contribution is 0.102. The molecule has 1 aromatic carbocycles. The van der Waals surface area contributed by atoms with Gasteiger partial charge in [-0.15, -0.1) is 0 Å². The maximum atomic E-state index is 14.0. The highest BCUT2D eigenvalue weighted by Crippen LogP contribution is 2.34. The number of fused-ring (bicyclic) bond motifs is 2. The van der Waals surface area contributed by atoms with Crippen LogP contribution in [0, 0.1) is 0 Å². The molecule has 1 amide bonds. The van der Waals surface area contributed by atoms with Crippen molar-refractivity contribution < 1.29 is 9.18 Å². The molecule has 10 heteroatoms. The number of carbonyl (C=O) groups excluding carboxylic acids is 1. The topological polar surface area (TPSA) is 125 Å². The number of nitrogens with zero attached hydrogens (tertiary/aromatic N) is 5. The molecule has 1 atom stereocenters. The van der Waals surface area contributed by atoms with Crippen LogP contribution in [0.15, 0.2) is 97.5 Å². The largest absolute Gasteiger partial charge is 0.335 e. The summed E-state index contributed by atoms with van der Waals surface area (Å²) in [5.41, 5.74) is 6.22. The first-order valence-electron chi connectivity index (χ1n) is 12.7. The summed E-state index contributed by atoms with van der Waals surface area (Å²) >= 11 is 0. The first-order valence-corrected chi connectivity index (χ1v) is 12.7. The molecule has 194 valence electrons. The molecule has 7 rings (SSSR count). The Morgan fingerprint density at radius 2 is 1.85 bits per heavy atom. The van der Waals surface area contributed by atoms with Gasteiger partial charge in [-0.2, -0.15) is 5.10 Å². The number of pyridine rings is 3. The average molecular weight is 529 g/mol. The minimum absolute atomic E-state index is 0.147. The van der Waals surface area contributed by atoms with E-state index in [1.807, 2.05) is 36.4 Å². The molecule has 0 bridgehead atoms. The van der Waals surface area contributed by atoms with E-state index in [1.165, 1.54) is 6.08 Å². The lowest BCUT2D eigenvalue weighted by Gasteiger charge is -2.14. The molecule has 5 heterocycles. The van der Waals surface area contributed by atoms with Gasteiger partial charge in [-0.3, -0.25) is 19.9 Å². The fourth-order valence-electron chi connectivity index (χ4n) is 4.89. The molecule has 0 saturated heterocycles. The number of amides is 1. The summed E-state index contributed by atoms with van der Waals surface area (Å²) in [6, 6.07) is 12.8. The van der Waals surface area contributed by atoms with Gasteiger partial charge in [0.05, 0.1) is 34.5 Å². The van der Waals surface area contributed by atoms with Crippen LogP contribution in [0.4, 0.5) is 10.1 Å². The van der Waals surface area contributed by atoms with Crippen molar-refractivity contribution in [2.45, 2.75) is 12.3 Å². The Kier molecular flexibility index (Phi) is 5.70. The Morgan fingerprint density at radius 1 is 1.00 bits per heavy atom. The summed E-state index contributed by atoms with van der Waals surface area (Å²) in [5, 5.41) is 11.1. The van der Waals surface area contributed by atoms with Gasteiger partial charge in [0.1, 0.15) is 11.5 Å². The quantitative estimate of drug-likeness (QED) is 0.248. The Morgan fingerprint density at radius 3 is 2.73 bits per heavy atom. The highest BCUT2D eigenvalue weighted by Gasteiger charge is 2.21. The molecule has 3 N–H and O–H groups in total. The van der Waals surface area contributed by atoms with Gasteiger partial charge in [0.15, 0.2) is 11.5 Å². The number of benzene rings is 1. The molecule has 1 aliphatic rings. The van der Waals surface area contributed by atoms with Crippen molar-refractivity contribution in [1.29, 1.82) is 0 Å². The number of allylic oxidation sites excluding steroid dienone is 4. The number of hydrogen-bond acceptors (Lipinski definition) is 6. The van der Waals surface area contributed by atoms with E-state index >= 15 is 0 Å². The van der Waals surface area contributed by atoms with Crippen LogP contribution in [0.5, 0.6) is 0 Å². The zero-order valence-corrected chi connectivity index (χ0v) is 21.0. The fraction of sp³-hybridized carbons (Fsp3) is 0.0667. The van der Waals surface area contributed by atoms with E-state index in [2.05, 4.69) is 35.5 Å². The molecular weight excluding hydrogens is 507 g/mol.